The molecule has 3 nitrogen and oxygen atoms in total. The highest BCUT2D eigenvalue weighted by atomic mass is 15.1. The number of hydrogen-bond donors (Lipinski definition) is 1. The summed E-state index contributed by atoms with van der Waals surface area (Å²) in [5.74, 6) is 0. The molecule has 2 rings (SSSR count). The van der Waals surface area contributed by atoms with E-state index in [4.69, 9.17) is 5.73 Å². The molecule has 0 atom stereocenters. The monoisotopic (exact) mass is 177 g/mol. The maximum absolute atomic E-state index is 5.87. The van der Waals surface area contributed by atoms with Crippen LogP contribution in [0.4, 0.5) is 11.4 Å². The van der Waals surface area contributed by atoms with Crippen LogP contribution in [0.1, 0.15) is 19.3 Å². The number of hydrogen-bond acceptors (Lipinski definition) is 3. The number of piperidine rings is 1. The predicted molar refractivity (Wildman–Crippen MR) is 54.7 cm³/mol. The van der Waals surface area contributed by atoms with Gasteiger partial charge in [-0.05, 0) is 25.3 Å². The van der Waals surface area contributed by atoms with Crippen molar-refractivity contribution in [1.82, 2.24) is 4.98 Å². The molecule has 1 aliphatic heterocycles. The molecule has 2 heterocycles. The van der Waals surface area contributed by atoms with Crippen molar-refractivity contribution in [1.29, 1.82) is 0 Å². The molecule has 1 aliphatic rings. The van der Waals surface area contributed by atoms with Gasteiger partial charge in [0.05, 0.1) is 17.6 Å². The first-order chi connectivity index (χ1) is 6.38. The molecule has 13 heavy (non-hydrogen) atoms. The molecule has 1 aromatic heterocycles. The second kappa shape index (κ2) is 3.64. The lowest BCUT2D eigenvalue weighted by Gasteiger charge is -2.29. The fraction of sp³-hybridized carbons (Fsp3) is 0.500. The van der Waals surface area contributed by atoms with E-state index in [1.165, 1.54) is 19.3 Å². The van der Waals surface area contributed by atoms with Gasteiger partial charge in [0.25, 0.3) is 0 Å². The summed E-state index contributed by atoms with van der Waals surface area (Å²) in [6.07, 6.45) is 7.49. The van der Waals surface area contributed by atoms with Crippen molar-refractivity contribution in [3.63, 3.8) is 0 Å². The van der Waals surface area contributed by atoms with Gasteiger partial charge in [-0.1, -0.05) is 0 Å². The smallest absolute Gasteiger partial charge is 0.0786 e. The number of rotatable bonds is 1. The third-order valence-corrected chi connectivity index (χ3v) is 2.53. The number of nitrogen functional groups attached to an aromatic ring is 1. The predicted octanol–water partition coefficient (Wildman–Crippen LogP) is 1.65. The van der Waals surface area contributed by atoms with E-state index in [1.54, 1.807) is 6.20 Å². The van der Waals surface area contributed by atoms with Gasteiger partial charge in [0.1, 0.15) is 0 Å². The second-order valence-electron chi connectivity index (χ2n) is 3.48. The summed E-state index contributed by atoms with van der Waals surface area (Å²) in [6.45, 7) is 2.24. The molecule has 0 aliphatic carbocycles. The Bertz CT molecular complexity index is 279. The molecule has 0 radical (unpaired) electrons. The van der Waals surface area contributed by atoms with Crippen LogP contribution in [0.5, 0.6) is 0 Å². The van der Waals surface area contributed by atoms with Gasteiger partial charge in [0, 0.05) is 19.3 Å². The van der Waals surface area contributed by atoms with Crippen molar-refractivity contribution >= 4 is 11.4 Å². The van der Waals surface area contributed by atoms with Gasteiger partial charge in [0.2, 0.25) is 0 Å². The molecule has 3 heteroatoms. The summed E-state index contributed by atoms with van der Waals surface area (Å²) in [6, 6.07) is 1.87. The third-order valence-electron chi connectivity index (χ3n) is 2.53. The molecular weight excluding hydrogens is 162 g/mol. The molecule has 0 bridgehead atoms. The van der Waals surface area contributed by atoms with E-state index in [2.05, 4.69) is 9.88 Å². The van der Waals surface area contributed by atoms with Crippen molar-refractivity contribution in [3.05, 3.63) is 18.5 Å². The molecule has 1 fully saturated rings. The van der Waals surface area contributed by atoms with Crippen LogP contribution in [0.3, 0.4) is 0 Å². The highest BCUT2D eigenvalue weighted by Gasteiger charge is 2.12. The van der Waals surface area contributed by atoms with Gasteiger partial charge in [-0.15, -0.1) is 0 Å². The van der Waals surface area contributed by atoms with E-state index < -0.39 is 0 Å². The SMILES string of the molecule is Nc1ccncc1N1CCCCC1. The minimum atomic E-state index is 0.844. The summed E-state index contributed by atoms with van der Waals surface area (Å²) in [4.78, 5) is 6.42. The average Bonchev–Trinajstić information content (AvgIpc) is 2.20. The topological polar surface area (TPSA) is 42.1 Å². The van der Waals surface area contributed by atoms with Crippen molar-refractivity contribution in [2.24, 2.45) is 0 Å². The van der Waals surface area contributed by atoms with Gasteiger partial charge in [-0.25, -0.2) is 0 Å². The molecule has 0 spiro atoms. The fourth-order valence-corrected chi connectivity index (χ4v) is 1.80. The Balaban J connectivity index is 2.18. The summed E-state index contributed by atoms with van der Waals surface area (Å²) < 4.78 is 0. The first kappa shape index (κ1) is 8.35. The van der Waals surface area contributed by atoms with Crippen molar-refractivity contribution in [2.75, 3.05) is 23.7 Å². The summed E-state index contributed by atoms with van der Waals surface area (Å²) in [5.41, 5.74) is 7.81. The van der Waals surface area contributed by atoms with Crippen molar-refractivity contribution < 1.29 is 0 Å². The minimum absolute atomic E-state index is 0.844. The molecule has 0 saturated carbocycles. The number of anilines is 2. The van der Waals surface area contributed by atoms with E-state index in [9.17, 15) is 0 Å². The number of pyridine rings is 1. The molecule has 0 aromatic carbocycles. The number of aromatic nitrogens is 1. The van der Waals surface area contributed by atoms with E-state index >= 15 is 0 Å². The van der Waals surface area contributed by atoms with Crippen LogP contribution in [0, 0.1) is 0 Å². The third kappa shape index (κ3) is 1.74. The lowest BCUT2D eigenvalue weighted by Crippen LogP contribution is -2.30. The van der Waals surface area contributed by atoms with Crippen LogP contribution in [0.2, 0.25) is 0 Å². The van der Waals surface area contributed by atoms with E-state index in [0.29, 0.717) is 0 Å². The van der Waals surface area contributed by atoms with Gasteiger partial charge in [0.15, 0.2) is 0 Å². The second-order valence-corrected chi connectivity index (χ2v) is 3.48. The molecule has 2 N–H and O–H groups in total. The Morgan fingerprint density at radius 2 is 2.00 bits per heavy atom. The number of nitrogens with two attached hydrogens (primary N) is 1. The van der Waals surface area contributed by atoms with E-state index in [1.807, 2.05) is 12.3 Å². The average molecular weight is 177 g/mol. The van der Waals surface area contributed by atoms with Crippen LogP contribution in [-0.4, -0.2) is 18.1 Å². The van der Waals surface area contributed by atoms with E-state index in [0.717, 1.165) is 24.5 Å². The Labute approximate surface area is 78.6 Å². The molecule has 1 aromatic rings. The quantitative estimate of drug-likeness (QED) is 0.709. The lowest BCUT2D eigenvalue weighted by molar-refractivity contribution is 0.578. The van der Waals surface area contributed by atoms with Gasteiger partial charge >= 0.3 is 0 Å². The summed E-state index contributed by atoms with van der Waals surface area (Å²) in [7, 11) is 0. The van der Waals surface area contributed by atoms with Gasteiger partial charge < -0.3 is 10.6 Å². The standard InChI is InChI=1S/C10H15N3/c11-9-4-5-12-8-10(9)13-6-2-1-3-7-13/h4-5,8H,1-3,6-7H2,(H2,11,12). The fourth-order valence-electron chi connectivity index (χ4n) is 1.80. The largest absolute Gasteiger partial charge is 0.397 e. The van der Waals surface area contributed by atoms with Crippen molar-refractivity contribution in [2.45, 2.75) is 19.3 Å². The Kier molecular flexibility index (Phi) is 2.34. The zero-order valence-electron chi connectivity index (χ0n) is 7.74. The van der Waals surface area contributed by atoms with Crippen LogP contribution >= 0.6 is 0 Å². The summed E-state index contributed by atoms with van der Waals surface area (Å²) >= 11 is 0. The lowest BCUT2D eigenvalue weighted by atomic mass is 10.1. The highest BCUT2D eigenvalue weighted by Crippen LogP contribution is 2.24. The maximum atomic E-state index is 5.87. The maximum Gasteiger partial charge on any atom is 0.0786 e. The van der Waals surface area contributed by atoms with Crippen LogP contribution in [0.15, 0.2) is 18.5 Å². The first-order valence-corrected chi connectivity index (χ1v) is 4.82. The molecule has 1 saturated heterocycles. The molecule has 0 amide bonds. The minimum Gasteiger partial charge on any atom is -0.397 e. The van der Waals surface area contributed by atoms with Crippen molar-refractivity contribution in [3.8, 4) is 0 Å². The Morgan fingerprint density at radius 1 is 1.23 bits per heavy atom. The summed E-state index contributed by atoms with van der Waals surface area (Å²) in [5, 5.41) is 0. The normalized spacial score (nSPS) is 17.4. The van der Waals surface area contributed by atoms with E-state index in [-0.39, 0.29) is 0 Å². The van der Waals surface area contributed by atoms with Crippen LogP contribution in [-0.2, 0) is 0 Å². The Hall–Kier alpha value is -1.25. The first-order valence-electron chi connectivity index (χ1n) is 4.82. The molecule has 0 unspecified atom stereocenters. The Morgan fingerprint density at radius 3 is 2.69 bits per heavy atom. The molecule has 70 valence electrons. The van der Waals surface area contributed by atoms with Crippen LogP contribution < -0.4 is 10.6 Å². The number of nitrogens with zero attached hydrogens (tertiary/aromatic N) is 2. The zero-order chi connectivity index (χ0) is 9.10. The highest BCUT2D eigenvalue weighted by molar-refractivity contribution is 5.65. The van der Waals surface area contributed by atoms with Crippen LogP contribution in [0.25, 0.3) is 0 Å². The molecular formula is C10H15N3. The van der Waals surface area contributed by atoms with Gasteiger partial charge in [-0.2, -0.15) is 0 Å². The van der Waals surface area contributed by atoms with Gasteiger partial charge in [-0.3, -0.25) is 4.98 Å². The zero-order valence-corrected chi connectivity index (χ0v) is 7.74.